The molecular weight excluding hydrogens is 768 g/mol. The van der Waals surface area contributed by atoms with Gasteiger partial charge in [0.25, 0.3) is 0 Å². The summed E-state index contributed by atoms with van der Waals surface area (Å²) in [5.74, 6) is 1.99. The molecule has 0 N–H and O–H groups in total. The van der Waals surface area contributed by atoms with E-state index in [9.17, 15) is 0 Å². The van der Waals surface area contributed by atoms with Gasteiger partial charge in [0.05, 0.1) is 11.4 Å². The summed E-state index contributed by atoms with van der Waals surface area (Å²) in [7, 11) is 0. The van der Waals surface area contributed by atoms with Crippen LogP contribution in [0.5, 0.6) is 0 Å². The summed E-state index contributed by atoms with van der Waals surface area (Å²) >= 11 is 7.79. The zero-order chi connectivity index (χ0) is 35.9. The largest absolute Gasteiger partial charge is 0.310 e. The zero-order valence-corrected chi connectivity index (χ0v) is 33.3. The second kappa shape index (κ2) is 16.7. The molecule has 0 bridgehead atoms. The number of benzene rings is 5. The molecule has 1 aromatic heterocycles. The van der Waals surface area contributed by atoms with Gasteiger partial charge >= 0.3 is 0 Å². The van der Waals surface area contributed by atoms with Crippen molar-refractivity contribution in [2.75, 3.05) is 4.90 Å². The number of nitrogens with zero attached hydrogens (tertiary/aromatic N) is 4. The smallest absolute Gasteiger partial charge is 0.164 e. The van der Waals surface area contributed by atoms with Crippen LogP contribution in [0, 0.1) is 0 Å². The van der Waals surface area contributed by atoms with Gasteiger partial charge in [0.1, 0.15) is 0 Å². The van der Waals surface area contributed by atoms with Crippen molar-refractivity contribution in [1.82, 2.24) is 15.0 Å². The molecule has 0 spiro atoms. The number of rotatable bonds is 14. The van der Waals surface area contributed by atoms with Crippen molar-refractivity contribution in [1.29, 1.82) is 0 Å². The number of aromatic nitrogens is 3. The van der Waals surface area contributed by atoms with Gasteiger partial charge in [0.2, 0.25) is 0 Å². The van der Waals surface area contributed by atoms with E-state index in [-0.39, 0.29) is 5.41 Å². The van der Waals surface area contributed by atoms with E-state index in [1.54, 1.807) is 0 Å². The molecule has 52 heavy (non-hydrogen) atoms. The highest BCUT2D eigenvalue weighted by atomic mass is 79.9. The third-order valence-corrected chi connectivity index (χ3v) is 11.4. The van der Waals surface area contributed by atoms with Crippen LogP contribution in [0.2, 0.25) is 0 Å². The Bertz CT molecular complexity index is 1970. The second-order valence-corrected chi connectivity index (χ2v) is 15.8. The quantitative estimate of drug-likeness (QED) is 0.103. The number of anilines is 3. The predicted molar refractivity (Wildman–Crippen MR) is 225 cm³/mol. The Labute approximate surface area is 326 Å². The molecular formula is C46H46Br2N4. The van der Waals surface area contributed by atoms with E-state index in [2.05, 4.69) is 111 Å². The Morgan fingerprint density at radius 3 is 1.33 bits per heavy atom. The van der Waals surface area contributed by atoms with E-state index >= 15 is 0 Å². The highest BCUT2D eigenvalue weighted by molar-refractivity contribution is 9.10. The first-order chi connectivity index (χ1) is 25.5. The Morgan fingerprint density at radius 2 is 0.904 bits per heavy atom. The fourth-order valence-electron chi connectivity index (χ4n) is 7.79. The van der Waals surface area contributed by atoms with Crippen LogP contribution in [-0.2, 0) is 5.41 Å². The van der Waals surface area contributed by atoms with Crippen LogP contribution in [0.3, 0.4) is 0 Å². The van der Waals surface area contributed by atoms with Gasteiger partial charge in [-0.25, -0.2) is 15.0 Å². The SMILES string of the molecule is CCCCCCC1(CCCCCC)c2cc(Br)ccc2N(c2ccc(-c3nc(-c4ccccc4)nc(-c4ccccc4)n3)cc2)c2ccc(Br)cc21. The highest BCUT2D eigenvalue weighted by Gasteiger charge is 2.43. The number of unbranched alkanes of at least 4 members (excludes halogenated alkanes) is 6. The summed E-state index contributed by atoms with van der Waals surface area (Å²) in [6.45, 7) is 4.60. The van der Waals surface area contributed by atoms with Crippen LogP contribution in [0.1, 0.15) is 89.2 Å². The first-order valence-corrected chi connectivity index (χ1v) is 20.5. The number of halogens is 2. The van der Waals surface area contributed by atoms with Gasteiger partial charge in [-0.05, 0) is 84.6 Å². The van der Waals surface area contributed by atoms with Crippen LogP contribution in [0.4, 0.5) is 17.1 Å². The molecule has 6 aromatic rings. The minimum Gasteiger partial charge on any atom is -0.310 e. The van der Waals surface area contributed by atoms with Crippen molar-refractivity contribution in [2.24, 2.45) is 0 Å². The van der Waals surface area contributed by atoms with Crippen molar-refractivity contribution >= 4 is 48.9 Å². The Kier molecular flexibility index (Phi) is 11.6. The molecule has 0 saturated heterocycles. The maximum atomic E-state index is 4.99. The van der Waals surface area contributed by atoms with E-state index in [0.717, 1.165) is 44.2 Å². The van der Waals surface area contributed by atoms with Gasteiger partial charge in [-0.2, -0.15) is 0 Å². The molecule has 0 unspecified atom stereocenters. The summed E-state index contributed by atoms with van der Waals surface area (Å²) in [6, 6.07) is 42.9. The lowest BCUT2D eigenvalue weighted by atomic mass is 9.65. The molecule has 0 fully saturated rings. The monoisotopic (exact) mass is 812 g/mol. The van der Waals surface area contributed by atoms with Crippen molar-refractivity contribution < 1.29 is 0 Å². The molecule has 0 saturated carbocycles. The predicted octanol–water partition coefficient (Wildman–Crippen LogP) is 14.4. The minimum atomic E-state index is -0.0668. The molecule has 2 heterocycles. The van der Waals surface area contributed by atoms with Crippen LogP contribution in [0.25, 0.3) is 34.2 Å². The van der Waals surface area contributed by atoms with Gasteiger partial charge in [0, 0.05) is 36.7 Å². The number of hydrogen-bond donors (Lipinski definition) is 0. The summed E-state index contributed by atoms with van der Waals surface area (Å²) in [6.07, 6.45) is 12.3. The first-order valence-electron chi connectivity index (χ1n) is 18.9. The van der Waals surface area contributed by atoms with Crippen molar-refractivity contribution in [3.05, 3.63) is 141 Å². The zero-order valence-electron chi connectivity index (χ0n) is 30.2. The van der Waals surface area contributed by atoms with E-state index in [1.165, 1.54) is 73.9 Å². The lowest BCUT2D eigenvalue weighted by Crippen LogP contribution is -2.36. The highest BCUT2D eigenvalue weighted by Crippen LogP contribution is 2.57. The third-order valence-electron chi connectivity index (χ3n) is 10.4. The lowest BCUT2D eigenvalue weighted by molar-refractivity contribution is 0.391. The summed E-state index contributed by atoms with van der Waals surface area (Å²) in [5, 5.41) is 0. The summed E-state index contributed by atoms with van der Waals surface area (Å²) < 4.78 is 2.26. The van der Waals surface area contributed by atoms with Gasteiger partial charge in [-0.3, -0.25) is 0 Å². The van der Waals surface area contributed by atoms with Crippen LogP contribution < -0.4 is 4.90 Å². The Balaban J connectivity index is 1.32. The van der Waals surface area contributed by atoms with Gasteiger partial charge in [0.15, 0.2) is 17.5 Å². The normalized spacial score (nSPS) is 13.1. The topological polar surface area (TPSA) is 41.9 Å². The molecule has 5 aromatic carbocycles. The van der Waals surface area contributed by atoms with Crippen molar-refractivity contribution in [2.45, 2.75) is 83.5 Å². The van der Waals surface area contributed by atoms with E-state index in [1.807, 2.05) is 60.7 Å². The molecule has 0 aliphatic carbocycles. The maximum Gasteiger partial charge on any atom is 0.164 e. The summed E-state index contributed by atoms with van der Waals surface area (Å²) in [4.78, 5) is 17.3. The molecule has 1 aliphatic heterocycles. The lowest BCUT2D eigenvalue weighted by Gasteiger charge is -2.46. The number of fused-ring (bicyclic) bond motifs is 2. The van der Waals surface area contributed by atoms with Crippen molar-refractivity contribution in [3.8, 4) is 34.2 Å². The Hall–Kier alpha value is -4.13. The first kappa shape index (κ1) is 36.2. The van der Waals surface area contributed by atoms with E-state index in [4.69, 9.17) is 15.0 Å². The van der Waals surface area contributed by atoms with E-state index in [0.29, 0.717) is 17.5 Å². The molecule has 6 heteroatoms. The van der Waals surface area contributed by atoms with Crippen LogP contribution >= 0.6 is 31.9 Å². The molecule has 4 nitrogen and oxygen atoms in total. The van der Waals surface area contributed by atoms with Crippen LogP contribution in [0.15, 0.2) is 130 Å². The van der Waals surface area contributed by atoms with Gasteiger partial charge < -0.3 is 4.90 Å². The second-order valence-electron chi connectivity index (χ2n) is 13.9. The Morgan fingerprint density at radius 1 is 0.481 bits per heavy atom. The minimum absolute atomic E-state index is 0.0668. The summed E-state index contributed by atoms with van der Waals surface area (Å²) in [5.41, 5.74) is 9.28. The molecule has 7 rings (SSSR count). The molecule has 0 radical (unpaired) electrons. The van der Waals surface area contributed by atoms with Gasteiger partial charge in [-0.15, -0.1) is 0 Å². The third kappa shape index (κ3) is 7.65. The van der Waals surface area contributed by atoms with Crippen LogP contribution in [-0.4, -0.2) is 15.0 Å². The standard InChI is InChI=1S/C46H46Br2N4/c1-3-5-7-15-29-46(30-16-8-6-4-2)39-31-36(47)23-27-41(39)52(42-28-24-37(48)32-40(42)46)38-25-21-35(22-26-38)45-50-43(33-17-11-9-12-18-33)49-44(51-45)34-19-13-10-14-20-34/h9-14,17-28,31-32H,3-8,15-16,29-30H2,1-2H3. The molecule has 1 aliphatic rings. The average Bonchev–Trinajstić information content (AvgIpc) is 3.19. The molecule has 0 atom stereocenters. The number of hydrogen-bond acceptors (Lipinski definition) is 4. The fourth-order valence-corrected chi connectivity index (χ4v) is 8.52. The van der Waals surface area contributed by atoms with Crippen molar-refractivity contribution in [3.63, 3.8) is 0 Å². The van der Waals surface area contributed by atoms with E-state index < -0.39 is 0 Å². The fraction of sp³-hybridized carbons (Fsp3) is 0.283. The molecule has 0 amide bonds. The maximum absolute atomic E-state index is 4.99. The van der Waals surface area contributed by atoms with Gasteiger partial charge in [-0.1, -0.05) is 158 Å². The average molecular weight is 815 g/mol. The molecule has 264 valence electrons.